The zero-order chi connectivity index (χ0) is 20.7. The summed E-state index contributed by atoms with van der Waals surface area (Å²) in [7, 11) is -3.95. The number of rotatable bonds is 4. The fourth-order valence-electron chi connectivity index (χ4n) is 3.19. The minimum atomic E-state index is -4.82. The van der Waals surface area contributed by atoms with Crippen molar-refractivity contribution < 1.29 is 31.1 Å². The number of hydrogen-bond donors (Lipinski definition) is 1. The molecule has 28 heavy (non-hydrogen) atoms. The fourth-order valence-corrected chi connectivity index (χ4v) is 4.30. The van der Waals surface area contributed by atoms with Crippen molar-refractivity contribution in [1.82, 2.24) is 0 Å². The lowest BCUT2D eigenvalue weighted by Crippen LogP contribution is -2.33. The van der Waals surface area contributed by atoms with Gasteiger partial charge in [-0.3, -0.25) is 9.52 Å². The van der Waals surface area contributed by atoms with Crippen LogP contribution in [0.3, 0.4) is 0 Å². The van der Waals surface area contributed by atoms with E-state index in [0.29, 0.717) is 12.1 Å². The van der Waals surface area contributed by atoms with Crippen LogP contribution in [0.2, 0.25) is 0 Å². The third kappa shape index (κ3) is 4.22. The van der Waals surface area contributed by atoms with Crippen LogP contribution in [0, 0.1) is 0 Å². The highest BCUT2D eigenvalue weighted by atomic mass is 32.2. The quantitative estimate of drug-likeness (QED) is 0.828. The average Bonchev–Trinajstić information content (AvgIpc) is 2.90. The molecule has 6 nitrogen and oxygen atoms in total. The Bertz CT molecular complexity index is 1000. The zero-order valence-corrected chi connectivity index (χ0v) is 15.8. The molecule has 1 N–H and O–H groups in total. The highest BCUT2D eigenvalue weighted by molar-refractivity contribution is 7.92. The molecule has 0 radical (unpaired) electrons. The maximum absolute atomic E-state index is 12.6. The number of ether oxygens (including phenoxy) is 1. The molecule has 0 saturated carbocycles. The number of nitrogens with zero attached hydrogens (tertiary/aromatic N) is 1. The Morgan fingerprint density at radius 1 is 1.18 bits per heavy atom. The van der Waals surface area contributed by atoms with E-state index in [9.17, 15) is 26.4 Å². The van der Waals surface area contributed by atoms with Crippen LogP contribution >= 0.6 is 0 Å². The van der Waals surface area contributed by atoms with Crippen molar-refractivity contribution in [3.8, 4) is 5.75 Å². The molecular weight excluding hydrogens is 397 g/mol. The molecule has 0 fully saturated rings. The molecule has 1 heterocycles. The van der Waals surface area contributed by atoms with Gasteiger partial charge in [-0.05, 0) is 61.4 Å². The van der Waals surface area contributed by atoms with Gasteiger partial charge < -0.3 is 9.64 Å². The van der Waals surface area contributed by atoms with Gasteiger partial charge in [-0.25, -0.2) is 8.42 Å². The summed E-state index contributed by atoms with van der Waals surface area (Å²) in [5.41, 5.74) is 1.50. The summed E-state index contributed by atoms with van der Waals surface area (Å²) in [6.07, 6.45) is -4.29. The number of amides is 1. The molecule has 0 bridgehead atoms. The molecule has 0 spiro atoms. The van der Waals surface area contributed by atoms with E-state index < -0.39 is 22.1 Å². The topological polar surface area (TPSA) is 75.7 Å². The van der Waals surface area contributed by atoms with Gasteiger partial charge in [0.1, 0.15) is 5.75 Å². The van der Waals surface area contributed by atoms with Crippen LogP contribution in [-0.2, 0) is 21.2 Å². The van der Waals surface area contributed by atoms with Gasteiger partial charge in [0.15, 0.2) is 0 Å². The monoisotopic (exact) mass is 414 g/mol. The maximum atomic E-state index is 12.6. The van der Waals surface area contributed by atoms with Gasteiger partial charge in [-0.2, -0.15) is 0 Å². The van der Waals surface area contributed by atoms with Crippen LogP contribution in [0.1, 0.15) is 19.4 Å². The number of halogens is 3. The van der Waals surface area contributed by atoms with E-state index in [2.05, 4.69) is 9.46 Å². The number of hydrogen-bond acceptors (Lipinski definition) is 4. The highest BCUT2D eigenvalue weighted by Gasteiger charge is 2.31. The van der Waals surface area contributed by atoms with E-state index in [4.69, 9.17) is 0 Å². The van der Waals surface area contributed by atoms with Crippen molar-refractivity contribution in [2.45, 2.75) is 37.6 Å². The molecule has 0 aromatic heterocycles. The van der Waals surface area contributed by atoms with Gasteiger partial charge in [-0.15, -0.1) is 13.2 Å². The second-order valence-corrected chi connectivity index (χ2v) is 8.09. The van der Waals surface area contributed by atoms with E-state index in [-0.39, 0.29) is 22.5 Å². The normalized spacial score (nSPS) is 16.6. The standard InChI is InChI=1S/C18H17F3N2O4S/c1-11-9-13-10-16(7-8-17(13)23(11)12(2)24)28(25,26)22-14-3-5-15(6-4-14)27-18(19,20)21/h3-8,10-11,22H,9H2,1-2H3. The van der Waals surface area contributed by atoms with Gasteiger partial charge in [-0.1, -0.05) is 0 Å². The summed E-state index contributed by atoms with van der Waals surface area (Å²) in [6.45, 7) is 3.32. The smallest absolute Gasteiger partial charge is 0.406 e. The number of alkyl halides is 3. The van der Waals surface area contributed by atoms with Crippen molar-refractivity contribution in [1.29, 1.82) is 0 Å². The average molecular weight is 414 g/mol. The zero-order valence-electron chi connectivity index (χ0n) is 14.9. The van der Waals surface area contributed by atoms with Gasteiger partial charge in [0.2, 0.25) is 5.91 Å². The summed E-state index contributed by atoms with van der Waals surface area (Å²) in [5.74, 6) is -0.576. The Kier molecular flexibility index (Phi) is 5.00. The molecule has 1 aliphatic heterocycles. The van der Waals surface area contributed by atoms with E-state index in [0.717, 1.165) is 17.7 Å². The molecule has 3 rings (SSSR count). The van der Waals surface area contributed by atoms with Crippen LogP contribution in [0.5, 0.6) is 5.75 Å². The SMILES string of the molecule is CC(=O)N1c2ccc(S(=O)(=O)Nc3ccc(OC(F)(F)F)cc3)cc2CC1C. The Labute approximate surface area is 160 Å². The number of carbonyl (C=O) groups is 1. The third-order valence-electron chi connectivity index (χ3n) is 4.26. The van der Waals surface area contributed by atoms with E-state index in [1.165, 1.54) is 31.2 Å². The van der Waals surface area contributed by atoms with Gasteiger partial charge in [0.05, 0.1) is 4.90 Å². The number of carbonyl (C=O) groups excluding carboxylic acids is 1. The summed E-state index contributed by atoms with van der Waals surface area (Å²) < 4.78 is 67.9. The lowest BCUT2D eigenvalue weighted by atomic mass is 10.1. The number of fused-ring (bicyclic) bond motifs is 1. The van der Waals surface area contributed by atoms with Crippen LogP contribution in [0.15, 0.2) is 47.4 Å². The Morgan fingerprint density at radius 3 is 2.39 bits per heavy atom. The minimum Gasteiger partial charge on any atom is -0.406 e. The van der Waals surface area contributed by atoms with E-state index in [1.54, 1.807) is 11.0 Å². The van der Waals surface area contributed by atoms with Crippen LogP contribution in [-0.4, -0.2) is 26.7 Å². The predicted octanol–water partition coefficient (Wildman–Crippen LogP) is 3.68. The second-order valence-electron chi connectivity index (χ2n) is 6.41. The molecular formula is C18H17F3N2O4S. The predicted molar refractivity (Wildman–Crippen MR) is 96.7 cm³/mol. The van der Waals surface area contributed by atoms with Crippen molar-refractivity contribution in [2.75, 3.05) is 9.62 Å². The van der Waals surface area contributed by atoms with Crippen LogP contribution in [0.25, 0.3) is 0 Å². The maximum Gasteiger partial charge on any atom is 0.573 e. The number of nitrogens with one attached hydrogen (secondary N) is 1. The number of anilines is 2. The molecule has 1 aliphatic rings. The first-order valence-electron chi connectivity index (χ1n) is 8.27. The lowest BCUT2D eigenvalue weighted by molar-refractivity contribution is -0.274. The van der Waals surface area contributed by atoms with Crippen LogP contribution < -0.4 is 14.4 Å². The van der Waals surface area contributed by atoms with Crippen LogP contribution in [0.4, 0.5) is 24.5 Å². The molecule has 150 valence electrons. The second kappa shape index (κ2) is 7.01. The van der Waals surface area contributed by atoms with Crippen molar-refractivity contribution >= 4 is 27.3 Å². The van der Waals surface area contributed by atoms with Crippen molar-refractivity contribution in [3.05, 3.63) is 48.0 Å². The molecule has 0 aliphatic carbocycles. The van der Waals surface area contributed by atoms with Gasteiger partial charge in [0, 0.05) is 24.3 Å². The molecule has 2 aromatic carbocycles. The summed E-state index contributed by atoms with van der Waals surface area (Å²) in [6, 6.07) is 8.77. The van der Waals surface area contributed by atoms with Crippen molar-refractivity contribution in [2.24, 2.45) is 0 Å². The molecule has 1 amide bonds. The Morgan fingerprint density at radius 2 is 1.82 bits per heavy atom. The highest BCUT2D eigenvalue weighted by Crippen LogP contribution is 2.34. The summed E-state index contributed by atoms with van der Waals surface area (Å²) >= 11 is 0. The van der Waals surface area contributed by atoms with E-state index >= 15 is 0 Å². The number of sulfonamides is 1. The van der Waals surface area contributed by atoms with Gasteiger partial charge >= 0.3 is 6.36 Å². The lowest BCUT2D eigenvalue weighted by Gasteiger charge is -2.20. The summed E-state index contributed by atoms with van der Waals surface area (Å²) in [4.78, 5) is 13.4. The summed E-state index contributed by atoms with van der Waals surface area (Å²) in [5, 5.41) is 0. The first-order chi connectivity index (χ1) is 13.0. The Hall–Kier alpha value is -2.75. The van der Waals surface area contributed by atoms with Gasteiger partial charge in [0.25, 0.3) is 10.0 Å². The first-order valence-corrected chi connectivity index (χ1v) is 9.76. The molecule has 1 atom stereocenters. The first kappa shape index (κ1) is 20.0. The molecule has 1 unspecified atom stereocenters. The van der Waals surface area contributed by atoms with Crippen molar-refractivity contribution in [3.63, 3.8) is 0 Å². The molecule has 10 heteroatoms. The fraction of sp³-hybridized carbons (Fsp3) is 0.278. The molecule has 0 saturated heterocycles. The Balaban J connectivity index is 1.81. The third-order valence-corrected chi connectivity index (χ3v) is 5.64. The minimum absolute atomic E-state index is 0.000491. The largest absolute Gasteiger partial charge is 0.573 e. The number of benzene rings is 2. The van der Waals surface area contributed by atoms with E-state index in [1.807, 2.05) is 6.92 Å². The molecule has 2 aromatic rings.